The largest absolute Gasteiger partial charge is 0.394 e. The minimum absolute atomic E-state index is 0.138. The van der Waals surface area contributed by atoms with Crippen LogP contribution in [0.25, 0.3) is 0 Å². The Labute approximate surface area is 426 Å². The second kappa shape index (κ2) is 58.4. The van der Waals surface area contributed by atoms with E-state index < -0.39 is 18.2 Å². The van der Waals surface area contributed by atoms with Gasteiger partial charge in [-0.05, 0) is 44.9 Å². The lowest BCUT2D eigenvalue weighted by Gasteiger charge is -2.26. The minimum Gasteiger partial charge on any atom is -0.394 e. The summed E-state index contributed by atoms with van der Waals surface area (Å²) in [5.41, 5.74) is 0. The molecule has 0 heterocycles. The van der Waals surface area contributed by atoms with E-state index in [4.69, 9.17) is 0 Å². The lowest BCUT2D eigenvalue weighted by atomic mass is 9.99. The van der Waals surface area contributed by atoms with Gasteiger partial charge >= 0.3 is 0 Å². The minimum atomic E-state index is -1.14. The van der Waals surface area contributed by atoms with E-state index in [9.17, 15) is 20.1 Å². The van der Waals surface area contributed by atoms with Gasteiger partial charge in [0.25, 0.3) is 0 Å². The molecule has 4 N–H and O–H groups in total. The highest BCUT2D eigenvalue weighted by atomic mass is 16.3. The van der Waals surface area contributed by atoms with Gasteiger partial charge in [0.2, 0.25) is 5.91 Å². The molecule has 0 radical (unpaired) electrons. The van der Waals surface area contributed by atoms with Crippen LogP contribution in [-0.4, -0.2) is 46.1 Å². The van der Waals surface area contributed by atoms with Crippen LogP contribution in [0.15, 0.2) is 24.3 Å². The van der Waals surface area contributed by atoms with Crippen molar-refractivity contribution in [1.82, 2.24) is 5.32 Å². The molecule has 0 rings (SSSR count). The SMILES string of the molecule is CCCCCCCCCCCCC/C=C\C/C=C\CCCCCCCCCCCCCCCCCCCC(=O)NC(CO)C(O)C(O)CCCCCCCCCCCCCCCCCCCCC. The molecule has 0 saturated carbocycles. The Kier molecular flexibility index (Phi) is 57.4. The molecule has 5 nitrogen and oxygen atoms in total. The maximum Gasteiger partial charge on any atom is 0.220 e. The molecule has 5 heteroatoms. The van der Waals surface area contributed by atoms with E-state index in [1.807, 2.05) is 0 Å². The molecule has 68 heavy (non-hydrogen) atoms. The molecule has 0 bridgehead atoms. The predicted molar refractivity (Wildman–Crippen MR) is 301 cm³/mol. The van der Waals surface area contributed by atoms with Crippen molar-refractivity contribution in [2.24, 2.45) is 0 Å². The van der Waals surface area contributed by atoms with Crippen LogP contribution in [0.5, 0.6) is 0 Å². The topological polar surface area (TPSA) is 89.8 Å². The van der Waals surface area contributed by atoms with E-state index in [1.54, 1.807) is 0 Å². The van der Waals surface area contributed by atoms with Crippen LogP contribution in [0.3, 0.4) is 0 Å². The number of hydrogen-bond donors (Lipinski definition) is 4. The number of rotatable bonds is 58. The molecule has 404 valence electrons. The summed E-state index contributed by atoms with van der Waals surface area (Å²) >= 11 is 0. The first-order chi connectivity index (χ1) is 33.6. The molecule has 0 saturated heterocycles. The van der Waals surface area contributed by atoms with Crippen LogP contribution >= 0.6 is 0 Å². The maximum absolute atomic E-state index is 12.5. The van der Waals surface area contributed by atoms with Gasteiger partial charge in [-0.25, -0.2) is 0 Å². The highest BCUT2D eigenvalue weighted by molar-refractivity contribution is 5.76. The predicted octanol–water partition coefficient (Wildman–Crippen LogP) is 19.6. The number of amides is 1. The molecule has 3 atom stereocenters. The van der Waals surface area contributed by atoms with Crippen LogP contribution in [-0.2, 0) is 4.79 Å². The zero-order valence-electron chi connectivity index (χ0n) is 46.3. The Morgan fingerprint density at radius 1 is 0.368 bits per heavy atom. The zero-order valence-corrected chi connectivity index (χ0v) is 46.3. The van der Waals surface area contributed by atoms with E-state index >= 15 is 0 Å². The molecule has 3 unspecified atom stereocenters. The summed E-state index contributed by atoms with van der Waals surface area (Å²) < 4.78 is 0. The molecule has 0 aliphatic heterocycles. The third-order valence-electron chi connectivity index (χ3n) is 14.8. The maximum atomic E-state index is 12.5. The monoisotopic (exact) mass is 958 g/mol. The number of aliphatic hydroxyl groups is 3. The fourth-order valence-corrected chi connectivity index (χ4v) is 10.0. The molecule has 0 aromatic carbocycles. The second-order valence-corrected chi connectivity index (χ2v) is 21.6. The Morgan fingerprint density at radius 2 is 0.632 bits per heavy atom. The van der Waals surface area contributed by atoms with Gasteiger partial charge in [-0.3, -0.25) is 4.79 Å². The first-order valence-corrected chi connectivity index (χ1v) is 31.1. The number of allylic oxidation sites excluding steroid dienone is 4. The normalized spacial score (nSPS) is 13.3. The number of carbonyl (C=O) groups is 1. The molecule has 0 spiro atoms. The molecule has 0 aliphatic carbocycles. The third kappa shape index (κ3) is 52.6. The van der Waals surface area contributed by atoms with E-state index in [0.717, 1.165) is 38.5 Å². The molecule has 0 aromatic rings. The molecule has 1 amide bonds. The first-order valence-electron chi connectivity index (χ1n) is 31.1. The van der Waals surface area contributed by atoms with Crippen LogP contribution < -0.4 is 5.32 Å². The smallest absolute Gasteiger partial charge is 0.220 e. The summed E-state index contributed by atoms with van der Waals surface area (Å²) in [6, 6.07) is -0.808. The van der Waals surface area contributed by atoms with Gasteiger partial charge in [0.05, 0.1) is 18.8 Å². The number of aliphatic hydroxyl groups excluding tert-OH is 3. The molecule has 0 aliphatic rings. The fourth-order valence-electron chi connectivity index (χ4n) is 10.0. The summed E-state index contributed by atoms with van der Waals surface area (Å²) in [5.74, 6) is -0.138. The van der Waals surface area contributed by atoms with Crippen LogP contribution in [0, 0.1) is 0 Å². The van der Waals surface area contributed by atoms with Crippen molar-refractivity contribution in [2.45, 2.75) is 366 Å². The number of unbranched alkanes of at least 4 members (excludes halogenated alkanes) is 46. The second-order valence-electron chi connectivity index (χ2n) is 21.6. The van der Waals surface area contributed by atoms with Crippen molar-refractivity contribution in [3.63, 3.8) is 0 Å². The van der Waals surface area contributed by atoms with E-state index in [0.29, 0.717) is 12.8 Å². The van der Waals surface area contributed by atoms with Crippen molar-refractivity contribution < 1.29 is 20.1 Å². The Balaban J connectivity index is 3.47. The van der Waals surface area contributed by atoms with Crippen LogP contribution in [0.2, 0.25) is 0 Å². The van der Waals surface area contributed by atoms with Crippen molar-refractivity contribution in [1.29, 1.82) is 0 Å². The highest BCUT2D eigenvalue weighted by Crippen LogP contribution is 2.19. The first kappa shape index (κ1) is 66.8. The van der Waals surface area contributed by atoms with Crippen LogP contribution in [0.4, 0.5) is 0 Å². The summed E-state index contributed by atoms with van der Waals surface area (Å²) in [7, 11) is 0. The van der Waals surface area contributed by atoms with Gasteiger partial charge in [0, 0.05) is 6.42 Å². The molecule has 0 fully saturated rings. The summed E-state index contributed by atoms with van der Waals surface area (Å²) in [6.45, 7) is 4.22. The number of hydrogen-bond acceptors (Lipinski definition) is 4. The molecular weight excluding hydrogens is 835 g/mol. The van der Waals surface area contributed by atoms with Crippen LogP contribution in [0.1, 0.15) is 348 Å². The summed E-state index contributed by atoms with van der Waals surface area (Å²) in [6.07, 6.45) is 75.0. The Hall–Kier alpha value is -1.17. The van der Waals surface area contributed by atoms with Crippen molar-refractivity contribution in [3.05, 3.63) is 24.3 Å². The average Bonchev–Trinajstić information content (AvgIpc) is 3.34. The van der Waals surface area contributed by atoms with Gasteiger partial charge < -0.3 is 20.6 Å². The quantitative estimate of drug-likeness (QED) is 0.0361. The highest BCUT2D eigenvalue weighted by Gasteiger charge is 2.26. The van der Waals surface area contributed by atoms with Gasteiger partial charge in [-0.15, -0.1) is 0 Å². The standard InChI is InChI=1S/C63H123NO4/c1-3-5-7-9-11-13-15-17-19-21-23-24-25-26-27-28-29-30-31-32-33-34-35-36-37-38-40-42-44-46-48-50-52-54-56-58-62(67)64-60(59-65)63(68)61(66)57-55-53-51-49-47-45-43-41-39-22-20-18-16-14-12-10-8-6-4-2/h25-26,28-29,60-61,63,65-66,68H,3-24,27,30-59H2,1-2H3,(H,64,67)/b26-25-,29-28-. The fraction of sp³-hybridized carbons (Fsp3) is 0.921. The average molecular weight is 959 g/mol. The van der Waals surface area contributed by atoms with E-state index in [1.165, 1.54) is 283 Å². The lowest BCUT2D eigenvalue weighted by Crippen LogP contribution is -2.50. The number of nitrogens with one attached hydrogen (secondary N) is 1. The van der Waals surface area contributed by atoms with E-state index in [-0.39, 0.29) is 12.5 Å². The summed E-state index contributed by atoms with van der Waals surface area (Å²) in [4.78, 5) is 12.5. The third-order valence-corrected chi connectivity index (χ3v) is 14.8. The van der Waals surface area contributed by atoms with Gasteiger partial charge in [-0.1, -0.05) is 321 Å². The zero-order chi connectivity index (χ0) is 49.3. The number of carbonyl (C=O) groups excluding carboxylic acids is 1. The van der Waals surface area contributed by atoms with E-state index in [2.05, 4.69) is 43.5 Å². The Bertz CT molecular complexity index is 1010. The van der Waals surface area contributed by atoms with Crippen molar-refractivity contribution in [2.75, 3.05) is 6.61 Å². The van der Waals surface area contributed by atoms with Gasteiger partial charge in [-0.2, -0.15) is 0 Å². The summed E-state index contributed by atoms with van der Waals surface area (Å²) in [5, 5.41) is 33.8. The van der Waals surface area contributed by atoms with Gasteiger partial charge in [0.15, 0.2) is 0 Å². The molecule has 0 aromatic heterocycles. The van der Waals surface area contributed by atoms with Crippen molar-refractivity contribution in [3.8, 4) is 0 Å². The molecular formula is C63H123NO4. The lowest BCUT2D eigenvalue weighted by molar-refractivity contribution is -0.124. The Morgan fingerprint density at radius 3 is 0.926 bits per heavy atom. The van der Waals surface area contributed by atoms with Crippen molar-refractivity contribution >= 4 is 5.91 Å². The van der Waals surface area contributed by atoms with Gasteiger partial charge in [0.1, 0.15) is 6.10 Å².